The molecule has 28 heavy (non-hydrogen) atoms. The summed E-state index contributed by atoms with van der Waals surface area (Å²) in [6, 6.07) is 7.24. The second kappa shape index (κ2) is 7.43. The topological polar surface area (TPSA) is 90.3 Å². The van der Waals surface area contributed by atoms with Gasteiger partial charge in [0.1, 0.15) is 0 Å². The van der Waals surface area contributed by atoms with Crippen molar-refractivity contribution in [2.45, 2.75) is 63.2 Å². The number of nitrogens with one attached hydrogen (secondary N) is 2. The third kappa shape index (κ3) is 3.82. The van der Waals surface area contributed by atoms with Crippen LogP contribution in [0.15, 0.2) is 24.4 Å². The van der Waals surface area contributed by atoms with Crippen molar-refractivity contribution in [3.05, 3.63) is 35.7 Å². The Morgan fingerprint density at radius 3 is 2.68 bits per heavy atom. The molecule has 2 heterocycles. The van der Waals surface area contributed by atoms with Crippen LogP contribution in [0.3, 0.4) is 0 Å². The molecule has 8 heteroatoms. The molecule has 0 radical (unpaired) electrons. The van der Waals surface area contributed by atoms with Gasteiger partial charge in [0.2, 0.25) is 6.79 Å². The van der Waals surface area contributed by atoms with Gasteiger partial charge in [0.25, 0.3) is 5.91 Å². The normalized spacial score (nSPS) is 23.6. The fourth-order valence-electron chi connectivity index (χ4n) is 3.90. The zero-order valence-corrected chi connectivity index (χ0v) is 15.8. The van der Waals surface area contributed by atoms with Crippen molar-refractivity contribution in [3.63, 3.8) is 0 Å². The third-order valence-electron chi connectivity index (χ3n) is 5.76. The molecule has 1 aromatic heterocycles. The molecule has 2 aromatic rings. The van der Waals surface area contributed by atoms with Gasteiger partial charge in [0.15, 0.2) is 17.2 Å². The Kier molecular flexibility index (Phi) is 4.64. The van der Waals surface area contributed by atoms with E-state index in [4.69, 9.17) is 9.47 Å². The highest BCUT2D eigenvalue weighted by Crippen LogP contribution is 2.33. The standard InChI is InChI=1S/C20H25N5O3/c26-20(22-15-2-3-15)17-11-25(24-23-17)16-6-4-14(5-7-16)21-10-13-1-8-18-19(9-13)28-12-27-18/h1,8-9,11,14-16,21H,2-7,10,12H2,(H,22,26). The van der Waals surface area contributed by atoms with E-state index in [-0.39, 0.29) is 5.91 Å². The number of benzene rings is 1. The highest BCUT2D eigenvalue weighted by molar-refractivity contribution is 5.92. The summed E-state index contributed by atoms with van der Waals surface area (Å²) < 4.78 is 12.7. The summed E-state index contributed by atoms with van der Waals surface area (Å²) in [5, 5.41) is 14.9. The molecule has 2 aliphatic carbocycles. The molecule has 0 spiro atoms. The van der Waals surface area contributed by atoms with Gasteiger partial charge in [-0.3, -0.25) is 4.79 Å². The van der Waals surface area contributed by atoms with Crippen LogP contribution in [0.4, 0.5) is 0 Å². The molecule has 0 bridgehead atoms. The zero-order chi connectivity index (χ0) is 18.9. The van der Waals surface area contributed by atoms with Crippen molar-refractivity contribution >= 4 is 5.91 Å². The number of fused-ring (bicyclic) bond motifs is 1. The number of carbonyl (C=O) groups is 1. The molecule has 3 aliphatic rings. The predicted octanol–water partition coefficient (Wildman–Crippen LogP) is 2.17. The molecule has 0 saturated heterocycles. The molecular weight excluding hydrogens is 358 g/mol. The van der Waals surface area contributed by atoms with E-state index in [9.17, 15) is 4.79 Å². The second-order valence-corrected chi connectivity index (χ2v) is 7.91. The zero-order valence-electron chi connectivity index (χ0n) is 15.8. The van der Waals surface area contributed by atoms with Gasteiger partial charge >= 0.3 is 0 Å². The van der Waals surface area contributed by atoms with Gasteiger partial charge in [0, 0.05) is 18.6 Å². The molecule has 148 valence electrons. The minimum absolute atomic E-state index is 0.104. The largest absolute Gasteiger partial charge is 0.454 e. The Labute approximate surface area is 163 Å². The molecule has 8 nitrogen and oxygen atoms in total. The van der Waals surface area contributed by atoms with E-state index in [2.05, 4.69) is 27.0 Å². The summed E-state index contributed by atoms with van der Waals surface area (Å²) in [6.45, 7) is 1.13. The van der Waals surface area contributed by atoms with Crippen LogP contribution < -0.4 is 20.1 Å². The van der Waals surface area contributed by atoms with E-state index in [0.29, 0.717) is 30.6 Å². The van der Waals surface area contributed by atoms with E-state index in [1.165, 1.54) is 5.56 Å². The lowest BCUT2D eigenvalue weighted by molar-refractivity contribution is 0.0946. The first kappa shape index (κ1) is 17.5. The highest BCUT2D eigenvalue weighted by atomic mass is 16.7. The highest BCUT2D eigenvalue weighted by Gasteiger charge is 2.27. The van der Waals surface area contributed by atoms with Crippen LogP contribution in [0, 0.1) is 0 Å². The first-order chi connectivity index (χ1) is 13.7. The summed E-state index contributed by atoms with van der Waals surface area (Å²) in [4.78, 5) is 12.1. The van der Waals surface area contributed by atoms with Crippen molar-refractivity contribution in [2.75, 3.05) is 6.79 Å². The number of nitrogens with zero attached hydrogens (tertiary/aromatic N) is 3. The number of aromatic nitrogens is 3. The Bertz CT molecular complexity index is 855. The van der Waals surface area contributed by atoms with E-state index >= 15 is 0 Å². The molecule has 2 N–H and O–H groups in total. The first-order valence-electron chi connectivity index (χ1n) is 10.1. The summed E-state index contributed by atoms with van der Waals surface area (Å²) in [7, 11) is 0. The van der Waals surface area contributed by atoms with E-state index in [1.807, 2.05) is 16.8 Å². The molecule has 1 aliphatic heterocycles. The fourth-order valence-corrected chi connectivity index (χ4v) is 3.90. The minimum Gasteiger partial charge on any atom is -0.454 e. The maximum absolute atomic E-state index is 12.1. The van der Waals surface area contributed by atoms with E-state index in [1.54, 1.807) is 6.20 Å². The van der Waals surface area contributed by atoms with Crippen molar-refractivity contribution < 1.29 is 14.3 Å². The Morgan fingerprint density at radius 2 is 1.86 bits per heavy atom. The quantitative estimate of drug-likeness (QED) is 0.795. The van der Waals surface area contributed by atoms with Gasteiger partial charge in [-0.05, 0) is 56.2 Å². The van der Waals surface area contributed by atoms with Crippen molar-refractivity contribution in [3.8, 4) is 11.5 Å². The molecular formula is C20H25N5O3. The lowest BCUT2D eigenvalue weighted by Gasteiger charge is -2.29. The van der Waals surface area contributed by atoms with Crippen LogP contribution in [-0.4, -0.2) is 39.8 Å². The molecule has 2 fully saturated rings. The van der Waals surface area contributed by atoms with Crippen molar-refractivity contribution in [1.82, 2.24) is 25.6 Å². The monoisotopic (exact) mass is 383 g/mol. The van der Waals surface area contributed by atoms with E-state index < -0.39 is 0 Å². The summed E-state index contributed by atoms with van der Waals surface area (Å²) >= 11 is 0. The molecule has 5 rings (SSSR count). The summed E-state index contributed by atoms with van der Waals surface area (Å²) in [5.74, 6) is 1.55. The van der Waals surface area contributed by atoms with Crippen LogP contribution in [0.2, 0.25) is 0 Å². The predicted molar refractivity (Wildman–Crippen MR) is 101 cm³/mol. The van der Waals surface area contributed by atoms with Crippen LogP contribution in [0.25, 0.3) is 0 Å². The molecule has 2 saturated carbocycles. The fraction of sp³-hybridized carbons (Fsp3) is 0.550. The molecule has 0 unspecified atom stereocenters. The van der Waals surface area contributed by atoms with Crippen LogP contribution >= 0.6 is 0 Å². The van der Waals surface area contributed by atoms with E-state index in [0.717, 1.165) is 56.6 Å². The van der Waals surface area contributed by atoms with Crippen molar-refractivity contribution in [2.24, 2.45) is 0 Å². The lowest BCUT2D eigenvalue weighted by atomic mass is 9.91. The second-order valence-electron chi connectivity index (χ2n) is 7.91. The SMILES string of the molecule is O=C(NC1CC1)c1cn(C2CCC(NCc3ccc4c(c3)OCO4)CC2)nn1. The van der Waals surface area contributed by atoms with Crippen molar-refractivity contribution in [1.29, 1.82) is 0 Å². The average Bonchev–Trinajstić information content (AvgIpc) is 3.21. The Balaban J connectivity index is 1.10. The van der Waals surface area contributed by atoms with Crippen LogP contribution in [0.1, 0.15) is 60.6 Å². The minimum atomic E-state index is -0.104. The number of rotatable bonds is 6. The average molecular weight is 383 g/mol. The van der Waals surface area contributed by atoms with Gasteiger partial charge < -0.3 is 20.1 Å². The maximum Gasteiger partial charge on any atom is 0.273 e. The molecule has 1 amide bonds. The number of carbonyl (C=O) groups excluding carboxylic acids is 1. The number of hydrogen-bond donors (Lipinski definition) is 2. The number of hydrogen-bond acceptors (Lipinski definition) is 6. The summed E-state index contributed by atoms with van der Waals surface area (Å²) in [6.07, 6.45) is 8.17. The first-order valence-corrected chi connectivity index (χ1v) is 10.1. The van der Waals surface area contributed by atoms with Gasteiger partial charge in [-0.2, -0.15) is 0 Å². The van der Waals surface area contributed by atoms with Crippen LogP contribution in [-0.2, 0) is 6.54 Å². The van der Waals surface area contributed by atoms with Gasteiger partial charge in [-0.25, -0.2) is 4.68 Å². The molecule has 0 atom stereocenters. The van der Waals surface area contributed by atoms with Crippen LogP contribution in [0.5, 0.6) is 11.5 Å². The van der Waals surface area contributed by atoms with Gasteiger partial charge in [-0.15, -0.1) is 5.10 Å². The Hall–Kier alpha value is -2.61. The number of ether oxygens (including phenoxy) is 2. The number of amides is 1. The van der Waals surface area contributed by atoms with Gasteiger partial charge in [-0.1, -0.05) is 11.3 Å². The Morgan fingerprint density at radius 1 is 1.07 bits per heavy atom. The molecule has 1 aromatic carbocycles. The third-order valence-corrected chi connectivity index (χ3v) is 5.76. The summed E-state index contributed by atoms with van der Waals surface area (Å²) in [5.41, 5.74) is 1.63. The lowest BCUT2D eigenvalue weighted by Crippen LogP contribution is -2.33. The maximum atomic E-state index is 12.1. The smallest absolute Gasteiger partial charge is 0.273 e. The van der Waals surface area contributed by atoms with Gasteiger partial charge in [0.05, 0.1) is 12.2 Å².